The van der Waals surface area contributed by atoms with Crippen LogP contribution in [0.2, 0.25) is 0 Å². The Bertz CT molecular complexity index is 685. The van der Waals surface area contributed by atoms with Gasteiger partial charge in [-0.2, -0.15) is 0 Å². The second-order valence-corrected chi connectivity index (χ2v) is 3.87. The summed E-state index contributed by atoms with van der Waals surface area (Å²) in [7, 11) is 0. The maximum Gasteiger partial charge on any atom is 0.0958 e. The van der Waals surface area contributed by atoms with E-state index in [1.807, 2.05) is 48.5 Å². The maximum absolute atomic E-state index is 4.45. The van der Waals surface area contributed by atoms with E-state index < -0.39 is 0 Å². The molecule has 0 N–H and O–H groups in total. The average molecular weight is 233 g/mol. The van der Waals surface area contributed by atoms with Gasteiger partial charge in [0.1, 0.15) is 0 Å². The van der Waals surface area contributed by atoms with Crippen molar-refractivity contribution in [3.63, 3.8) is 0 Å². The van der Waals surface area contributed by atoms with E-state index in [2.05, 4.69) is 15.0 Å². The Morgan fingerprint density at radius 3 is 2.61 bits per heavy atom. The Hall–Kier alpha value is -2.55. The lowest BCUT2D eigenvalue weighted by atomic mass is 10.2. The minimum absolute atomic E-state index is 0.838. The molecule has 0 saturated heterocycles. The first-order valence-corrected chi connectivity index (χ1v) is 5.72. The van der Waals surface area contributed by atoms with Crippen molar-refractivity contribution < 1.29 is 0 Å². The molecule has 3 aromatic rings. The molecule has 2 aromatic heterocycles. The summed E-state index contributed by atoms with van der Waals surface area (Å²) in [6, 6.07) is 15.7. The van der Waals surface area contributed by atoms with E-state index in [9.17, 15) is 0 Å². The fourth-order valence-electron chi connectivity index (χ4n) is 1.78. The summed E-state index contributed by atoms with van der Waals surface area (Å²) >= 11 is 0. The first-order chi connectivity index (χ1) is 8.93. The molecule has 0 fully saturated rings. The predicted octanol–water partition coefficient (Wildman–Crippen LogP) is 3.38. The van der Waals surface area contributed by atoms with Gasteiger partial charge in [0.2, 0.25) is 0 Å². The molecule has 0 aliphatic carbocycles. The number of hydrogen-bond acceptors (Lipinski definition) is 3. The zero-order chi connectivity index (χ0) is 12.2. The highest BCUT2D eigenvalue weighted by Gasteiger charge is 1.98. The number of fused-ring (bicyclic) bond motifs is 1. The molecule has 3 heteroatoms. The van der Waals surface area contributed by atoms with Crippen LogP contribution in [0.1, 0.15) is 5.69 Å². The second-order valence-electron chi connectivity index (χ2n) is 3.87. The number of aliphatic imine (C=N–C) groups is 1. The van der Waals surface area contributed by atoms with Gasteiger partial charge in [0.05, 0.1) is 23.1 Å². The maximum atomic E-state index is 4.45. The number of hydrogen-bond donors (Lipinski definition) is 0. The molecular formula is C15H11N3. The summed E-state index contributed by atoms with van der Waals surface area (Å²) in [6.07, 6.45) is 5.29. The van der Waals surface area contributed by atoms with Crippen LogP contribution in [0.25, 0.3) is 10.9 Å². The fourth-order valence-corrected chi connectivity index (χ4v) is 1.78. The molecular weight excluding hydrogens is 222 g/mol. The van der Waals surface area contributed by atoms with Crippen LogP contribution in [0.5, 0.6) is 0 Å². The fraction of sp³-hybridized carbons (Fsp3) is 0. The van der Waals surface area contributed by atoms with Crippen molar-refractivity contribution in [2.24, 2.45) is 4.99 Å². The summed E-state index contributed by atoms with van der Waals surface area (Å²) in [6.45, 7) is 0. The smallest absolute Gasteiger partial charge is 0.0958 e. The lowest BCUT2D eigenvalue weighted by molar-refractivity contribution is 1.30. The van der Waals surface area contributed by atoms with Crippen LogP contribution in [0.3, 0.4) is 0 Å². The molecule has 0 saturated carbocycles. The van der Waals surface area contributed by atoms with Crippen LogP contribution in [-0.2, 0) is 0 Å². The number of rotatable bonds is 2. The molecule has 0 aliphatic heterocycles. The van der Waals surface area contributed by atoms with Crippen LogP contribution in [0.4, 0.5) is 5.69 Å². The topological polar surface area (TPSA) is 38.1 Å². The summed E-state index contributed by atoms with van der Waals surface area (Å²) < 4.78 is 0. The molecule has 1 aromatic carbocycles. The Labute approximate surface area is 105 Å². The van der Waals surface area contributed by atoms with E-state index >= 15 is 0 Å². The number of para-hydroxylation sites is 1. The van der Waals surface area contributed by atoms with E-state index in [0.29, 0.717) is 0 Å². The normalized spacial score (nSPS) is 11.1. The minimum atomic E-state index is 0.838. The summed E-state index contributed by atoms with van der Waals surface area (Å²) in [5, 5.41) is 1.09. The van der Waals surface area contributed by atoms with Crippen LogP contribution >= 0.6 is 0 Å². The van der Waals surface area contributed by atoms with Crippen molar-refractivity contribution in [1.82, 2.24) is 9.97 Å². The average Bonchev–Trinajstić information content (AvgIpc) is 2.46. The first kappa shape index (κ1) is 10.6. The summed E-state index contributed by atoms with van der Waals surface area (Å²) in [5.41, 5.74) is 2.61. The van der Waals surface area contributed by atoms with Crippen molar-refractivity contribution in [3.8, 4) is 0 Å². The Morgan fingerprint density at radius 2 is 1.72 bits per heavy atom. The van der Waals surface area contributed by atoms with Crippen molar-refractivity contribution in [3.05, 3.63) is 66.6 Å². The third-order valence-corrected chi connectivity index (χ3v) is 2.64. The van der Waals surface area contributed by atoms with Gasteiger partial charge >= 0.3 is 0 Å². The van der Waals surface area contributed by atoms with Crippen LogP contribution in [0.15, 0.2) is 65.9 Å². The van der Waals surface area contributed by atoms with Gasteiger partial charge in [-0.1, -0.05) is 24.3 Å². The summed E-state index contributed by atoms with van der Waals surface area (Å²) in [4.78, 5) is 13.0. The van der Waals surface area contributed by atoms with Crippen LogP contribution in [0, 0.1) is 0 Å². The Morgan fingerprint density at radius 1 is 0.833 bits per heavy atom. The lowest BCUT2D eigenvalue weighted by Crippen LogP contribution is -1.85. The molecule has 86 valence electrons. The van der Waals surface area contributed by atoms with E-state index in [4.69, 9.17) is 0 Å². The molecule has 0 amide bonds. The molecule has 0 bridgehead atoms. The van der Waals surface area contributed by atoms with E-state index in [1.165, 1.54) is 0 Å². The third-order valence-electron chi connectivity index (χ3n) is 2.64. The first-order valence-electron chi connectivity index (χ1n) is 5.72. The second kappa shape index (κ2) is 4.75. The highest BCUT2D eigenvalue weighted by Crippen LogP contribution is 2.23. The molecule has 3 rings (SSSR count). The minimum Gasteiger partial charge on any atom is -0.255 e. The van der Waals surface area contributed by atoms with Crippen LogP contribution < -0.4 is 0 Å². The molecule has 3 nitrogen and oxygen atoms in total. The van der Waals surface area contributed by atoms with Crippen molar-refractivity contribution in [2.45, 2.75) is 0 Å². The molecule has 0 aliphatic rings. The van der Waals surface area contributed by atoms with Crippen molar-refractivity contribution in [1.29, 1.82) is 0 Å². The SMILES string of the molecule is C(=N\c1cccc2cccnc12)/c1ccccn1. The molecule has 2 heterocycles. The molecule has 0 atom stereocenters. The van der Waals surface area contributed by atoms with Crippen molar-refractivity contribution in [2.75, 3.05) is 0 Å². The summed E-state index contributed by atoms with van der Waals surface area (Å²) in [5.74, 6) is 0. The molecule has 18 heavy (non-hydrogen) atoms. The monoisotopic (exact) mass is 233 g/mol. The highest BCUT2D eigenvalue weighted by atomic mass is 14.8. The third kappa shape index (κ3) is 2.11. The Balaban J connectivity index is 2.03. The predicted molar refractivity (Wildman–Crippen MR) is 73.2 cm³/mol. The number of nitrogens with zero attached hydrogens (tertiary/aromatic N) is 3. The van der Waals surface area contributed by atoms with Crippen molar-refractivity contribution >= 4 is 22.8 Å². The van der Waals surface area contributed by atoms with Crippen LogP contribution in [-0.4, -0.2) is 16.2 Å². The van der Waals surface area contributed by atoms with Gasteiger partial charge in [-0.3, -0.25) is 15.0 Å². The van der Waals surface area contributed by atoms with E-state index in [-0.39, 0.29) is 0 Å². The standard InChI is InChI=1S/C15H11N3/c1-2-9-16-13(7-1)11-18-14-8-3-5-12-6-4-10-17-15(12)14/h1-11H/b18-11+. The van der Waals surface area contributed by atoms with Gasteiger partial charge in [-0.15, -0.1) is 0 Å². The van der Waals surface area contributed by atoms with Gasteiger partial charge in [-0.05, 0) is 24.3 Å². The largest absolute Gasteiger partial charge is 0.255 e. The Kier molecular flexibility index (Phi) is 2.80. The number of aromatic nitrogens is 2. The van der Waals surface area contributed by atoms with Gasteiger partial charge in [-0.25, -0.2) is 0 Å². The van der Waals surface area contributed by atoms with Gasteiger partial charge in [0, 0.05) is 17.8 Å². The molecule has 0 unspecified atom stereocenters. The lowest BCUT2D eigenvalue weighted by Gasteiger charge is -1.99. The van der Waals surface area contributed by atoms with Gasteiger partial charge < -0.3 is 0 Å². The number of pyridine rings is 2. The zero-order valence-corrected chi connectivity index (χ0v) is 9.69. The van der Waals surface area contributed by atoms with Gasteiger partial charge in [0.25, 0.3) is 0 Å². The van der Waals surface area contributed by atoms with Gasteiger partial charge in [0.15, 0.2) is 0 Å². The molecule has 0 radical (unpaired) electrons. The molecule has 0 spiro atoms. The number of benzene rings is 1. The quantitative estimate of drug-likeness (QED) is 0.636. The van der Waals surface area contributed by atoms with E-state index in [0.717, 1.165) is 22.3 Å². The zero-order valence-electron chi connectivity index (χ0n) is 9.69. The van der Waals surface area contributed by atoms with E-state index in [1.54, 1.807) is 18.6 Å². The highest BCUT2D eigenvalue weighted by molar-refractivity contribution is 5.91.